The average molecular weight is 348 g/mol. The van der Waals surface area contributed by atoms with Gasteiger partial charge in [0.1, 0.15) is 0 Å². The molecule has 2 aromatic carbocycles. The topological polar surface area (TPSA) is 49.4 Å². The number of benzene rings is 2. The van der Waals surface area contributed by atoms with Gasteiger partial charge in [-0.05, 0) is 49.1 Å². The number of nitrogens with one attached hydrogen (secondary N) is 1. The van der Waals surface area contributed by atoms with Gasteiger partial charge in [0.15, 0.2) is 0 Å². The molecule has 1 heterocycles. The summed E-state index contributed by atoms with van der Waals surface area (Å²) in [5.74, 6) is -0.221. The fourth-order valence-electron chi connectivity index (χ4n) is 3.20. The summed E-state index contributed by atoms with van der Waals surface area (Å²) in [5, 5.41) is 2.94. The number of para-hydroxylation sites is 1. The number of aryl methyl sites for hydroxylation is 1. The molecule has 0 saturated carbocycles. The molecule has 0 aromatic heterocycles. The van der Waals surface area contributed by atoms with E-state index in [0.717, 1.165) is 29.7 Å². The number of carbonyl (C=O) groups is 2. The summed E-state index contributed by atoms with van der Waals surface area (Å²) < 4.78 is 0. The Balaban J connectivity index is 1.60. The first-order chi connectivity index (χ1) is 12.6. The second kappa shape index (κ2) is 8.48. The third-order valence-corrected chi connectivity index (χ3v) is 4.74. The molecule has 1 aliphatic rings. The molecule has 2 amide bonds. The monoisotopic (exact) mass is 348 g/mol. The summed E-state index contributed by atoms with van der Waals surface area (Å²) in [6.45, 7) is 3.19. The molecular weight excluding hydrogens is 324 g/mol. The molecule has 0 bridgehead atoms. The number of rotatable bonds is 4. The Bertz CT molecular complexity index is 799. The van der Waals surface area contributed by atoms with E-state index >= 15 is 0 Å². The number of carbonyl (C=O) groups excluding carboxylic acids is 2. The molecular formula is C22H24N2O2. The van der Waals surface area contributed by atoms with Crippen molar-refractivity contribution in [3.8, 4) is 0 Å². The minimum atomic E-state index is -0.167. The Morgan fingerprint density at radius 2 is 1.81 bits per heavy atom. The van der Waals surface area contributed by atoms with Gasteiger partial charge >= 0.3 is 0 Å². The van der Waals surface area contributed by atoms with Crippen LogP contribution < -0.4 is 5.32 Å². The number of hydrogen-bond donors (Lipinski definition) is 1. The fraction of sp³-hybridized carbons (Fsp3) is 0.273. The zero-order chi connectivity index (χ0) is 18.4. The molecule has 1 saturated heterocycles. The molecule has 0 aliphatic carbocycles. The van der Waals surface area contributed by atoms with Crippen LogP contribution in [0.4, 0.5) is 5.69 Å². The van der Waals surface area contributed by atoms with E-state index in [1.54, 1.807) is 11.0 Å². The first-order valence-corrected chi connectivity index (χ1v) is 9.02. The van der Waals surface area contributed by atoms with Gasteiger partial charge in [-0.1, -0.05) is 42.5 Å². The van der Waals surface area contributed by atoms with Crippen molar-refractivity contribution in [3.63, 3.8) is 0 Å². The Labute approximate surface area is 154 Å². The lowest BCUT2D eigenvalue weighted by Crippen LogP contribution is -2.43. The third kappa shape index (κ3) is 4.60. The van der Waals surface area contributed by atoms with Crippen molar-refractivity contribution in [2.24, 2.45) is 5.92 Å². The molecule has 0 spiro atoms. The van der Waals surface area contributed by atoms with Crippen LogP contribution in [-0.2, 0) is 9.59 Å². The highest BCUT2D eigenvalue weighted by Crippen LogP contribution is 2.19. The first kappa shape index (κ1) is 17.9. The van der Waals surface area contributed by atoms with Gasteiger partial charge < -0.3 is 10.2 Å². The normalized spacial score (nSPS) is 17.3. The van der Waals surface area contributed by atoms with E-state index in [9.17, 15) is 9.59 Å². The third-order valence-electron chi connectivity index (χ3n) is 4.74. The molecule has 134 valence electrons. The number of amides is 2. The van der Waals surface area contributed by atoms with Gasteiger partial charge in [-0.15, -0.1) is 0 Å². The molecule has 26 heavy (non-hydrogen) atoms. The van der Waals surface area contributed by atoms with Crippen LogP contribution in [0.2, 0.25) is 0 Å². The molecule has 1 atom stereocenters. The molecule has 4 nitrogen and oxygen atoms in total. The summed E-state index contributed by atoms with van der Waals surface area (Å²) in [4.78, 5) is 26.8. The van der Waals surface area contributed by atoms with Crippen LogP contribution in [0.1, 0.15) is 24.0 Å². The maximum Gasteiger partial charge on any atom is 0.246 e. The minimum Gasteiger partial charge on any atom is -0.338 e. The second-order valence-corrected chi connectivity index (χ2v) is 6.67. The lowest BCUT2D eigenvalue weighted by Gasteiger charge is -2.31. The van der Waals surface area contributed by atoms with E-state index < -0.39 is 0 Å². The van der Waals surface area contributed by atoms with Gasteiger partial charge in [0, 0.05) is 24.9 Å². The van der Waals surface area contributed by atoms with Crippen LogP contribution in [-0.4, -0.2) is 29.8 Å². The van der Waals surface area contributed by atoms with Gasteiger partial charge in [0.05, 0.1) is 5.92 Å². The largest absolute Gasteiger partial charge is 0.338 e. The standard InChI is InChI=1S/C22H24N2O2/c1-17-8-5-6-9-18(17)13-14-21(25)24-15-7-10-19(16-24)22(26)23-20-11-3-2-4-12-20/h2-6,8-9,11-14,19H,7,10,15-16H2,1H3,(H,23,26)/b14-13+. The van der Waals surface area contributed by atoms with Crippen LogP contribution in [0.25, 0.3) is 6.08 Å². The summed E-state index contributed by atoms with van der Waals surface area (Å²) in [5.41, 5.74) is 2.96. The number of piperidine rings is 1. The smallest absolute Gasteiger partial charge is 0.246 e. The molecule has 0 radical (unpaired) electrons. The van der Waals surface area contributed by atoms with E-state index in [-0.39, 0.29) is 17.7 Å². The van der Waals surface area contributed by atoms with E-state index in [1.165, 1.54) is 0 Å². The van der Waals surface area contributed by atoms with Crippen molar-refractivity contribution >= 4 is 23.6 Å². The Morgan fingerprint density at radius 3 is 2.58 bits per heavy atom. The summed E-state index contributed by atoms with van der Waals surface area (Å²) in [6.07, 6.45) is 5.12. The van der Waals surface area contributed by atoms with E-state index in [0.29, 0.717) is 13.1 Å². The molecule has 2 aromatic rings. The Morgan fingerprint density at radius 1 is 1.08 bits per heavy atom. The zero-order valence-corrected chi connectivity index (χ0v) is 15.0. The summed E-state index contributed by atoms with van der Waals surface area (Å²) in [7, 11) is 0. The molecule has 3 rings (SSSR count). The quantitative estimate of drug-likeness (QED) is 0.852. The van der Waals surface area contributed by atoms with Gasteiger partial charge in [-0.25, -0.2) is 0 Å². The Kier molecular flexibility index (Phi) is 5.84. The lowest BCUT2D eigenvalue weighted by molar-refractivity contribution is -0.130. The van der Waals surface area contributed by atoms with Crippen LogP contribution >= 0.6 is 0 Å². The molecule has 1 fully saturated rings. The maximum absolute atomic E-state index is 12.5. The molecule has 4 heteroatoms. The van der Waals surface area contributed by atoms with Crippen molar-refractivity contribution in [1.82, 2.24) is 4.90 Å². The van der Waals surface area contributed by atoms with Crippen molar-refractivity contribution in [1.29, 1.82) is 0 Å². The number of hydrogen-bond acceptors (Lipinski definition) is 2. The van der Waals surface area contributed by atoms with E-state index in [2.05, 4.69) is 5.32 Å². The van der Waals surface area contributed by atoms with Gasteiger partial charge in [0.2, 0.25) is 11.8 Å². The number of nitrogens with zero attached hydrogens (tertiary/aromatic N) is 1. The molecule has 1 N–H and O–H groups in total. The van der Waals surface area contributed by atoms with Gasteiger partial charge in [-0.2, -0.15) is 0 Å². The summed E-state index contributed by atoms with van der Waals surface area (Å²) in [6, 6.07) is 17.4. The SMILES string of the molecule is Cc1ccccc1/C=C/C(=O)N1CCCC(C(=O)Nc2ccccc2)C1. The second-order valence-electron chi connectivity index (χ2n) is 6.67. The van der Waals surface area contributed by atoms with Crippen molar-refractivity contribution in [3.05, 3.63) is 71.8 Å². The first-order valence-electron chi connectivity index (χ1n) is 9.02. The van der Waals surface area contributed by atoms with Crippen LogP contribution in [0.15, 0.2) is 60.7 Å². The van der Waals surface area contributed by atoms with E-state index in [4.69, 9.17) is 0 Å². The van der Waals surface area contributed by atoms with E-state index in [1.807, 2.05) is 67.6 Å². The fourth-order valence-corrected chi connectivity index (χ4v) is 3.20. The van der Waals surface area contributed by atoms with Crippen molar-refractivity contribution < 1.29 is 9.59 Å². The lowest BCUT2D eigenvalue weighted by atomic mass is 9.97. The van der Waals surface area contributed by atoms with Crippen molar-refractivity contribution in [2.45, 2.75) is 19.8 Å². The predicted molar refractivity (Wildman–Crippen MR) is 105 cm³/mol. The number of likely N-dealkylation sites (tertiary alicyclic amines) is 1. The summed E-state index contributed by atoms with van der Waals surface area (Å²) >= 11 is 0. The molecule has 1 aliphatic heterocycles. The highest BCUT2D eigenvalue weighted by Gasteiger charge is 2.27. The van der Waals surface area contributed by atoms with Crippen molar-refractivity contribution in [2.75, 3.05) is 18.4 Å². The van der Waals surface area contributed by atoms with Gasteiger partial charge in [-0.3, -0.25) is 9.59 Å². The van der Waals surface area contributed by atoms with Gasteiger partial charge in [0.25, 0.3) is 0 Å². The zero-order valence-electron chi connectivity index (χ0n) is 15.0. The Hall–Kier alpha value is -2.88. The van der Waals surface area contributed by atoms with Crippen LogP contribution in [0, 0.1) is 12.8 Å². The highest BCUT2D eigenvalue weighted by molar-refractivity contribution is 5.95. The molecule has 1 unspecified atom stereocenters. The minimum absolute atomic E-state index is 0.0171. The number of anilines is 1. The van der Waals surface area contributed by atoms with Crippen LogP contribution in [0.3, 0.4) is 0 Å². The van der Waals surface area contributed by atoms with Crippen LogP contribution in [0.5, 0.6) is 0 Å². The average Bonchev–Trinajstić information content (AvgIpc) is 2.68. The highest BCUT2D eigenvalue weighted by atomic mass is 16.2. The predicted octanol–water partition coefficient (Wildman–Crippen LogP) is 3.89. The maximum atomic E-state index is 12.5.